The van der Waals surface area contributed by atoms with Crippen LogP contribution >= 0.6 is 11.8 Å². The van der Waals surface area contributed by atoms with Crippen molar-refractivity contribution in [2.45, 2.75) is 17.4 Å². The van der Waals surface area contributed by atoms with E-state index in [1.165, 1.54) is 30.1 Å². The Balaban J connectivity index is 1.88. The van der Waals surface area contributed by atoms with E-state index in [9.17, 15) is 19.3 Å². The highest BCUT2D eigenvalue weighted by Crippen LogP contribution is 2.35. The highest BCUT2D eigenvalue weighted by atomic mass is 32.2. The number of ether oxygens (including phenoxy) is 2. The van der Waals surface area contributed by atoms with Crippen molar-refractivity contribution in [3.8, 4) is 29.1 Å². The number of anilines is 1. The Morgan fingerprint density at radius 1 is 1.12 bits per heavy atom. The zero-order chi connectivity index (χ0) is 22.9. The second-order valence-electron chi connectivity index (χ2n) is 6.01. The Kier molecular flexibility index (Phi) is 7.80. The Morgan fingerprint density at radius 3 is 2.56 bits per heavy atom. The molecule has 0 spiro atoms. The molecule has 0 aliphatic rings. The number of nitrogens with two attached hydrogens (primary N) is 1. The summed E-state index contributed by atoms with van der Waals surface area (Å²) in [4.78, 5) is 8.47. The molecule has 3 aromatic heterocycles. The molecule has 32 heavy (non-hydrogen) atoms. The number of aromatic nitrogens is 4. The maximum Gasteiger partial charge on any atom is 0.345 e. The summed E-state index contributed by atoms with van der Waals surface area (Å²) in [5.74, 6) is 0.665. The molecule has 0 atom stereocenters. The zero-order valence-electron chi connectivity index (χ0n) is 16.4. The van der Waals surface area contributed by atoms with Gasteiger partial charge in [0.1, 0.15) is 40.9 Å². The number of nitriles is 2. The van der Waals surface area contributed by atoms with Crippen LogP contribution in [0.2, 0.25) is 0 Å². The van der Waals surface area contributed by atoms with Crippen molar-refractivity contribution < 1.29 is 18.3 Å². The fourth-order valence-corrected chi connectivity index (χ4v) is 3.52. The van der Waals surface area contributed by atoms with E-state index in [-0.39, 0.29) is 35.7 Å². The van der Waals surface area contributed by atoms with Crippen LogP contribution in [0.15, 0.2) is 41.7 Å². The molecule has 0 saturated carbocycles. The molecule has 0 amide bonds. The van der Waals surface area contributed by atoms with Crippen LogP contribution in [-0.2, 0) is 10.5 Å². The van der Waals surface area contributed by atoms with Crippen molar-refractivity contribution >= 4 is 17.6 Å². The summed E-state index contributed by atoms with van der Waals surface area (Å²) in [6.45, 7) is -3.25. The Hall–Kier alpha value is -3.87. The summed E-state index contributed by atoms with van der Waals surface area (Å²) >= 11 is 1.23. The molecule has 0 unspecified atom stereocenters. The minimum absolute atomic E-state index is 0.0249. The molecule has 3 heterocycles. The maximum atomic E-state index is 12.0. The van der Waals surface area contributed by atoms with Gasteiger partial charge in [-0.1, -0.05) is 11.8 Å². The summed E-state index contributed by atoms with van der Waals surface area (Å²) in [6.07, 6.45) is 2.90. The molecular formula is C20H15F2N7O2S. The first-order chi connectivity index (χ1) is 15.5. The van der Waals surface area contributed by atoms with Crippen LogP contribution in [0.1, 0.15) is 16.8 Å². The van der Waals surface area contributed by atoms with Crippen LogP contribution in [-0.4, -0.2) is 40.0 Å². The van der Waals surface area contributed by atoms with Crippen LogP contribution in [0.3, 0.4) is 0 Å². The Morgan fingerprint density at radius 2 is 1.94 bits per heavy atom. The highest BCUT2D eigenvalue weighted by Gasteiger charge is 2.21. The van der Waals surface area contributed by atoms with E-state index in [0.29, 0.717) is 27.9 Å². The van der Waals surface area contributed by atoms with Gasteiger partial charge in [0.25, 0.3) is 0 Å². The van der Waals surface area contributed by atoms with Gasteiger partial charge in [-0.25, -0.2) is 4.98 Å². The van der Waals surface area contributed by atoms with Crippen LogP contribution in [0.25, 0.3) is 11.3 Å². The fourth-order valence-electron chi connectivity index (χ4n) is 2.62. The van der Waals surface area contributed by atoms with Crippen molar-refractivity contribution in [2.24, 2.45) is 0 Å². The van der Waals surface area contributed by atoms with E-state index >= 15 is 0 Å². The molecule has 0 radical (unpaired) electrons. The molecule has 0 aliphatic carbocycles. The lowest BCUT2D eigenvalue weighted by Crippen LogP contribution is -2.10. The summed E-state index contributed by atoms with van der Waals surface area (Å²) in [5.41, 5.74) is 7.40. The van der Waals surface area contributed by atoms with Crippen molar-refractivity contribution in [3.05, 3.63) is 53.5 Å². The van der Waals surface area contributed by atoms with Gasteiger partial charge in [0.15, 0.2) is 0 Å². The molecule has 9 nitrogen and oxygen atoms in total. The van der Waals surface area contributed by atoms with Gasteiger partial charge in [0, 0.05) is 17.5 Å². The zero-order valence-corrected chi connectivity index (χ0v) is 17.2. The first-order valence-corrected chi connectivity index (χ1v) is 10.0. The van der Waals surface area contributed by atoms with Gasteiger partial charge in [-0.3, -0.25) is 4.98 Å². The number of pyridine rings is 2. The minimum Gasteiger partial charge on any atom is -0.490 e. The average Bonchev–Trinajstić information content (AvgIpc) is 2.81. The fraction of sp³-hybridized carbons (Fsp3) is 0.200. The van der Waals surface area contributed by atoms with Crippen molar-refractivity contribution in [2.75, 3.05) is 18.9 Å². The molecule has 0 aliphatic heterocycles. The van der Waals surface area contributed by atoms with E-state index in [1.54, 1.807) is 18.3 Å². The molecule has 0 saturated heterocycles. The molecule has 0 aromatic carbocycles. The predicted octanol–water partition coefficient (Wildman–Crippen LogP) is 3.17. The SMILES string of the molecule is N#Cc1c(N)nc(SCc2cccnn2)c(C#N)c1-c1ccc(OCCOC(F)F)cn1. The van der Waals surface area contributed by atoms with Gasteiger partial charge < -0.3 is 15.2 Å². The topological polar surface area (TPSA) is 144 Å². The average molecular weight is 455 g/mol. The number of nitrogen functional groups attached to an aromatic ring is 1. The minimum atomic E-state index is -2.87. The van der Waals surface area contributed by atoms with Crippen LogP contribution in [0, 0.1) is 22.7 Å². The van der Waals surface area contributed by atoms with Gasteiger partial charge in [-0.15, -0.1) is 0 Å². The molecule has 2 N–H and O–H groups in total. The van der Waals surface area contributed by atoms with E-state index in [1.807, 2.05) is 6.07 Å². The summed E-state index contributed by atoms with van der Waals surface area (Å²) < 4.78 is 33.4. The summed E-state index contributed by atoms with van der Waals surface area (Å²) in [6, 6.07) is 10.7. The molecule has 0 bridgehead atoms. The van der Waals surface area contributed by atoms with E-state index in [2.05, 4.69) is 31.0 Å². The number of thioether (sulfide) groups is 1. The summed E-state index contributed by atoms with van der Waals surface area (Å²) in [7, 11) is 0. The third-order valence-electron chi connectivity index (χ3n) is 3.99. The number of halogens is 2. The van der Waals surface area contributed by atoms with E-state index in [4.69, 9.17) is 10.5 Å². The number of hydrogen-bond acceptors (Lipinski definition) is 10. The molecular weight excluding hydrogens is 440 g/mol. The van der Waals surface area contributed by atoms with Gasteiger partial charge in [0.05, 0.1) is 29.8 Å². The quantitative estimate of drug-likeness (QED) is 0.377. The smallest absolute Gasteiger partial charge is 0.345 e. The van der Waals surface area contributed by atoms with E-state index in [0.717, 1.165) is 0 Å². The van der Waals surface area contributed by atoms with Crippen molar-refractivity contribution in [1.82, 2.24) is 20.2 Å². The van der Waals surface area contributed by atoms with E-state index < -0.39 is 6.61 Å². The monoisotopic (exact) mass is 455 g/mol. The third kappa shape index (κ3) is 5.63. The van der Waals surface area contributed by atoms with Crippen molar-refractivity contribution in [3.63, 3.8) is 0 Å². The van der Waals surface area contributed by atoms with Crippen LogP contribution in [0.4, 0.5) is 14.6 Å². The number of alkyl halides is 2. The largest absolute Gasteiger partial charge is 0.490 e. The summed E-state index contributed by atoms with van der Waals surface area (Å²) in [5, 5.41) is 27.5. The predicted molar refractivity (Wildman–Crippen MR) is 110 cm³/mol. The van der Waals surface area contributed by atoms with Gasteiger partial charge in [0.2, 0.25) is 0 Å². The lowest BCUT2D eigenvalue weighted by molar-refractivity contribution is -0.133. The maximum absolute atomic E-state index is 12.0. The lowest BCUT2D eigenvalue weighted by atomic mass is 10.0. The van der Waals surface area contributed by atoms with Crippen molar-refractivity contribution in [1.29, 1.82) is 10.5 Å². The lowest BCUT2D eigenvalue weighted by Gasteiger charge is -2.13. The molecule has 12 heteroatoms. The normalized spacial score (nSPS) is 10.5. The Bertz CT molecular complexity index is 1150. The van der Waals surface area contributed by atoms with Crippen LogP contribution < -0.4 is 10.5 Å². The second-order valence-corrected chi connectivity index (χ2v) is 6.98. The van der Waals surface area contributed by atoms with Crippen LogP contribution in [0.5, 0.6) is 5.75 Å². The number of rotatable bonds is 9. The number of hydrogen-bond donors (Lipinski definition) is 1. The van der Waals surface area contributed by atoms with Gasteiger partial charge in [-0.05, 0) is 24.3 Å². The first-order valence-electron chi connectivity index (χ1n) is 9.05. The molecule has 162 valence electrons. The van der Waals surface area contributed by atoms with Gasteiger partial charge in [-0.2, -0.15) is 29.5 Å². The molecule has 0 fully saturated rings. The second kappa shape index (κ2) is 10.9. The third-order valence-corrected chi connectivity index (χ3v) is 5.00. The number of nitrogens with zero attached hydrogens (tertiary/aromatic N) is 6. The molecule has 3 aromatic rings. The van der Waals surface area contributed by atoms with Gasteiger partial charge >= 0.3 is 6.61 Å². The standard InChI is InChI=1S/C20H15F2N7O2S/c21-20(22)31-7-6-30-13-3-4-16(26-10-13)17-14(8-23)18(25)28-19(15(17)9-24)32-11-12-2-1-5-27-29-12/h1-5,10,20H,6-7,11H2,(H2,25,28). The Labute approximate surface area is 185 Å². The first kappa shape index (κ1) is 22.8. The molecule has 3 rings (SSSR count). The highest BCUT2D eigenvalue weighted by molar-refractivity contribution is 7.98.